The van der Waals surface area contributed by atoms with E-state index in [4.69, 9.17) is 0 Å². The number of hydrogen-bond donors (Lipinski definition) is 1. The average Bonchev–Trinajstić information content (AvgIpc) is 2.54. The van der Waals surface area contributed by atoms with Gasteiger partial charge in [0.25, 0.3) is 5.91 Å². The summed E-state index contributed by atoms with van der Waals surface area (Å²) in [6, 6.07) is 11.2. The van der Waals surface area contributed by atoms with E-state index in [1.54, 1.807) is 0 Å². The number of alkyl halides is 5. The molecule has 1 N–H and O–H groups in total. The predicted octanol–water partition coefficient (Wildman–Crippen LogP) is 4.62. The first kappa shape index (κ1) is 19.6. The lowest BCUT2D eigenvalue weighted by Gasteiger charge is -2.09. The van der Waals surface area contributed by atoms with Gasteiger partial charge >= 0.3 is 12.8 Å². The molecule has 0 heterocycles. The number of carbonyl (C=O) groups excluding carboxylic acids is 1. The van der Waals surface area contributed by atoms with Gasteiger partial charge < -0.3 is 14.8 Å². The fourth-order valence-corrected chi connectivity index (χ4v) is 1.99. The zero-order valence-corrected chi connectivity index (χ0v) is 13.2. The molecule has 2 aromatic carbocycles. The largest absolute Gasteiger partial charge is 0.435 e. The van der Waals surface area contributed by atoms with Crippen molar-refractivity contribution < 1.29 is 36.2 Å². The summed E-state index contributed by atoms with van der Waals surface area (Å²) >= 11 is 0. The van der Waals surface area contributed by atoms with Crippen molar-refractivity contribution in [1.29, 1.82) is 0 Å². The third kappa shape index (κ3) is 6.67. The normalized spacial score (nSPS) is 11.5. The van der Waals surface area contributed by atoms with Crippen LogP contribution in [0.5, 0.6) is 5.75 Å². The molecule has 1 amide bonds. The zero-order chi connectivity index (χ0) is 19.2. The van der Waals surface area contributed by atoms with Crippen LogP contribution < -0.4 is 10.1 Å². The smallest absolute Gasteiger partial charge is 0.411 e. The van der Waals surface area contributed by atoms with Gasteiger partial charge in [0, 0.05) is 17.3 Å². The van der Waals surface area contributed by atoms with Gasteiger partial charge in [-0.05, 0) is 29.8 Å². The first-order valence-electron chi connectivity index (χ1n) is 7.32. The molecule has 4 nitrogen and oxygen atoms in total. The van der Waals surface area contributed by atoms with E-state index < -0.39 is 25.3 Å². The van der Waals surface area contributed by atoms with Crippen LogP contribution in [0.1, 0.15) is 15.9 Å². The number of ether oxygens (including phenoxy) is 2. The van der Waals surface area contributed by atoms with Gasteiger partial charge in [0.1, 0.15) is 12.4 Å². The topological polar surface area (TPSA) is 47.6 Å². The SMILES string of the molecule is O=C(Nc1cccc(OC(F)F)c1)c1ccc(COCC(F)(F)F)cc1. The molecule has 0 aliphatic carbocycles. The van der Waals surface area contributed by atoms with Gasteiger partial charge in [-0.25, -0.2) is 0 Å². The minimum Gasteiger partial charge on any atom is -0.435 e. The minimum atomic E-state index is -4.40. The number of rotatable bonds is 7. The lowest BCUT2D eigenvalue weighted by molar-refractivity contribution is -0.176. The Labute approximate surface area is 145 Å². The van der Waals surface area contributed by atoms with E-state index >= 15 is 0 Å². The Bertz CT molecular complexity index is 732. The second-order valence-corrected chi connectivity index (χ2v) is 5.17. The molecule has 0 fully saturated rings. The van der Waals surface area contributed by atoms with E-state index in [-0.39, 0.29) is 23.6 Å². The van der Waals surface area contributed by atoms with Crippen molar-refractivity contribution in [2.45, 2.75) is 19.4 Å². The summed E-state index contributed by atoms with van der Waals surface area (Å²) in [4.78, 5) is 12.1. The Morgan fingerprint density at radius 3 is 2.38 bits per heavy atom. The maximum absolute atomic E-state index is 12.2. The van der Waals surface area contributed by atoms with Crippen molar-refractivity contribution >= 4 is 11.6 Å². The fraction of sp³-hybridized carbons (Fsp3) is 0.235. The lowest BCUT2D eigenvalue weighted by Crippen LogP contribution is -2.16. The number of nitrogens with one attached hydrogen (secondary N) is 1. The molecule has 140 valence electrons. The molecule has 0 spiro atoms. The molecular weight excluding hydrogens is 361 g/mol. The second-order valence-electron chi connectivity index (χ2n) is 5.17. The quantitative estimate of drug-likeness (QED) is 0.719. The van der Waals surface area contributed by atoms with Crippen molar-refractivity contribution in [3.63, 3.8) is 0 Å². The summed E-state index contributed by atoms with van der Waals surface area (Å²) in [5.41, 5.74) is 0.966. The van der Waals surface area contributed by atoms with Crippen LogP contribution in [0.15, 0.2) is 48.5 Å². The van der Waals surface area contributed by atoms with Crippen LogP contribution in [-0.4, -0.2) is 25.3 Å². The molecule has 0 aliphatic heterocycles. The van der Waals surface area contributed by atoms with Crippen LogP contribution in [0.4, 0.5) is 27.6 Å². The van der Waals surface area contributed by atoms with Crippen LogP contribution in [0.3, 0.4) is 0 Å². The van der Waals surface area contributed by atoms with Crippen molar-refractivity contribution in [2.24, 2.45) is 0 Å². The highest BCUT2D eigenvalue weighted by Gasteiger charge is 2.27. The van der Waals surface area contributed by atoms with Crippen LogP contribution in [0.2, 0.25) is 0 Å². The van der Waals surface area contributed by atoms with E-state index in [2.05, 4.69) is 14.8 Å². The summed E-state index contributed by atoms with van der Waals surface area (Å²) in [5.74, 6) is -0.614. The van der Waals surface area contributed by atoms with Crippen LogP contribution in [0.25, 0.3) is 0 Å². The molecule has 0 bridgehead atoms. The number of amides is 1. The summed E-state index contributed by atoms with van der Waals surface area (Å²) in [7, 11) is 0. The summed E-state index contributed by atoms with van der Waals surface area (Å²) < 4.78 is 69.2. The van der Waals surface area contributed by atoms with Gasteiger partial charge in [0.05, 0.1) is 6.61 Å². The van der Waals surface area contributed by atoms with Crippen LogP contribution in [0, 0.1) is 0 Å². The molecule has 0 aromatic heterocycles. The third-order valence-electron chi connectivity index (χ3n) is 3.07. The second kappa shape index (κ2) is 8.61. The average molecular weight is 375 g/mol. The van der Waals surface area contributed by atoms with Gasteiger partial charge in [-0.3, -0.25) is 4.79 Å². The monoisotopic (exact) mass is 375 g/mol. The summed E-state index contributed by atoms with van der Waals surface area (Å²) in [5, 5.41) is 2.51. The highest BCUT2D eigenvalue weighted by Crippen LogP contribution is 2.20. The maximum Gasteiger partial charge on any atom is 0.411 e. The van der Waals surface area contributed by atoms with Gasteiger partial charge in [-0.1, -0.05) is 18.2 Å². The van der Waals surface area contributed by atoms with E-state index in [0.29, 0.717) is 5.56 Å². The first-order chi connectivity index (χ1) is 12.2. The third-order valence-corrected chi connectivity index (χ3v) is 3.07. The zero-order valence-electron chi connectivity index (χ0n) is 13.2. The van der Waals surface area contributed by atoms with Crippen molar-refractivity contribution in [1.82, 2.24) is 0 Å². The van der Waals surface area contributed by atoms with Gasteiger partial charge in [-0.2, -0.15) is 22.0 Å². The number of anilines is 1. The molecule has 0 saturated carbocycles. The van der Waals surface area contributed by atoms with Crippen molar-refractivity contribution in [3.8, 4) is 5.75 Å². The molecule has 26 heavy (non-hydrogen) atoms. The predicted molar refractivity (Wildman–Crippen MR) is 83.2 cm³/mol. The van der Waals surface area contributed by atoms with Crippen molar-refractivity contribution in [2.75, 3.05) is 11.9 Å². The van der Waals surface area contributed by atoms with Gasteiger partial charge in [0.2, 0.25) is 0 Å². The number of hydrogen-bond acceptors (Lipinski definition) is 3. The Morgan fingerprint density at radius 1 is 1.08 bits per heavy atom. The molecular formula is C17H14F5NO3. The highest BCUT2D eigenvalue weighted by molar-refractivity contribution is 6.04. The molecule has 0 unspecified atom stereocenters. The molecule has 0 saturated heterocycles. The van der Waals surface area contributed by atoms with Crippen molar-refractivity contribution in [3.05, 3.63) is 59.7 Å². The van der Waals surface area contributed by atoms with E-state index in [9.17, 15) is 26.7 Å². The molecule has 0 aliphatic rings. The Kier molecular flexibility index (Phi) is 6.51. The van der Waals surface area contributed by atoms with E-state index in [1.165, 1.54) is 48.5 Å². The first-order valence-corrected chi connectivity index (χ1v) is 7.32. The summed E-state index contributed by atoms with van der Waals surface area (Å²) in [6.07, 6.45) is -4.40. The molecule has 0 radical (unpaired) electrons. The van der Waals surface area contributed by atoms with E-state index in [0.717, 1.165) is 0 Å². The minimum absolute atomic E-state index is 0.102. The van der Waals surface area contributed by atoms with E-state index in [1.807, 2.05) is 0 Å². The fourth-order valence-electron chi connectivity index (χ4n) is 1.99. The number of benzene rings is 2. The highest BCUT2D eigenvalue weighted by atomic mass is 19.4. The molecule has 0 atom stereocenters. The maximum atomic E-state index is 12.2. The lowest BCUT2D eigenvalue weighted by atomic mass is 10.1. The Morgan fingerprint density at radius 2 is 1.77 bits per heavy atom. The number of halogens is 5. The number of carbonyl (C=O) groups is 1. The van der Waals surface area contributed by atoms with Gasteiger partial charge in [-0.15, -0.1) is 0 Å². The van der Waals surface area contributed by atoms with Crippen LogP contribution >= 0.6 is 0 Å². The van der Waals surface area contributed by atoms with Gasteiger partial charge in [0.15, 0.2) is 0 Å². The standard InChI is InChI=1S/C17H14F5NO3/c18-16(19)26-14-3-1-2-13(8-14)23-15(24)12-6-4-11(5-7-12)9-25-10-17(20,21)22/h1-8,16H,9-10H2,(H,23,24). The Balaban J connectivity index is 1.93. The summed E-state index contributed by atoms with van der Waals surface area (Å²) in [6.45, 7) is -4.58. The Hall–Kier alpha value is -2.68. The molecule has 2 aromatic rings. The molecule has 9 heteroatoms. The van der Waals surface area contributed by atoms with Crippen LogP contribution in [-0.2, 0) is 11.3 Å². The molecule has 2 rings (SSSR count).